The van der Waals surface area contributed by atoms with E-state index in [-0.39, 0.29) is 0 Å². The molecule has 2 N–H and O–H groups in total. The molecule has 0 aliphatic carbocycles. The van der Waals surface area contributed by atoms with Crippen LogP contribution in [0.2, 0.25) is 5.02 Å². The van der Waals surface area contributed by atoms with Gasteiger partial charge in [0.2, 0.25) is 0 Å². The van der Waals surface area contributed by atoms with Gasteiger partial charge in [0.05, 0.1) is 11.1 Å². The molecule has 0 saturated carbocycles. The molecule has 4 nitrogen and oxygen atoms in total. The second kappa shape index (κ2) is 7.02. The molecule has 0 bridgehead atoms. The number of fused-ring (bicyclic) bond motifs is 1. The van der Waals surface area contributed by atoms with Gasteiger partial charge in [0.15, 0.2) is 0 Å². The number of halogens is 1. The number of nitrogens with two attached hydrogens (primary N) is 1. The molecule has 0 radical (unpaired) electrons. The topological polar surface area (TPSA) is 61.0 Å². The fraction of sp³-hybridized carbons (Fsp3) is 0.0476. The molecule has 0 unspecified atom stereocenters. The number of ether oxygens (including phenoxy) is 1. The summed E-state index contributed by atoms with van der Waals surface area (Å²) in [5, 5.41) is 1.44. The summed E-state index contributed by atoms with van der Waals surface area (Å²) in [4.78, 5) is 8.53. The lowest BCUT2D eigenvalue weighted by Gasteiger charge is -2.15. The third kappa shape index (κ3) is 3.19. The van der Waals surface area contributed by atoms with Crippen molar-refractivity contribution < 1.29 is 4.74 Å². The van der Waals surface area contributed by atoms with E-state index >= 15 is 0 Å². The summed E-state index contributed by atoms with van der Waals surface area (Å²) in [6.07, 6.45) is 1.46. The van der Waals surface area contributed by atoms with Crippen molar-refractivity contribution in [3.63, 3.8) is 0 Å². The number of aromatic nitrogens is 2. The van der Waals surface area contributed by atoms with Crippen LogP contribution in [-0.4, -0.2) is 9.97 Å². The zero-order chi connectivity index (χ0) is 17.9. The van der Waals surface area contributed by atoms with E-state index in [0.717, 1.165) is 33.3 Å². The summed E-state index contributed by atoms with van der Waals surface area (Å²) in [7, 11) is 0. The molecule has 4 aromatic rings. The number of hydrogen-bond donors (Lipinski definition) is 1. The van der Waals surface area contributed by atoms with Crippen LogP contribution in [0.4, 0.5) is 5.82 Å². The van der Waals surface area contributed by atoms with E-state index in [2.05, 4.69) is 9.97 Å². The number of nitrogens with zero attached hydrogens (tertiary/aromatic N) is 2. The van der Waals surface area contributed by atoms with Gasteiger partial charge in [0.25, 0.3) is 0 Å². The first kappa shape index (κ1) is 16.4. The molecule has 26 heavy (non-hydrogen) atoms. The number of hydrogen-bond acceptors (Lipinski definition) is 4. The van der Waals surface area contributed by atoms with Crippen LogP contribution < -0.4 is 10.5 Å². The van der Waals surface area contributed by atoms with Gasteiger partial charge in [0.1, 0.15) is 24.5 Å². The lowest BCUT2D eigenvalue weighted by molar-refractivity contribution is 0.308. The van der Waals surface area contributed by atoms with Gasteiger partial charge < -0.3 is 10.5 Å². The Kier molecular flexibility index (Phi) is 4.42. The molecule has 5 heteroatoms. The molecule has 0 atom stereocenters. The molecule has 0 fully saturated rings. The van der Waals surface area contributed by atoms with Gasteiger partial charge >= 0.3 is 0 Å². The Hall–Kier alpha value is -3.11. The average molecular weight is 362 g/mol. The standard InChI is InChI=1S/C21H16ClN3O/c22-16-8-4-7-15(11-16)19-18(26-12-14-5-2-1-3-6-14)10-9-17-20(19)24-13-25-21(17)23/h1-11,13H,12H2,(H2,23,24,25). The van der Waals surface area contributed by atoms with E-state index < -0.39 is 0 Å². The largest absolute Gasteiger partial charge is 0.488 e. The SMILES string of the molecule is Nc1ncnc2c(-c3cccc(Cl)c3)c(OCc3ccccc3)ccc12. The molecule has 1 aromatic heterocycles. The molecule has 0 spiro atoms. The first-order valence-corrected chi connectivity index (χ1v) is 8.56. The van der Waals surface area contributed by atoms with E-state index in [1.54, 1.807) is 0 Å². The van der Waals surface area contributed by atoms with Gasteiger partial charge in [-0.3, -0.25) is 0 Å². The number of anilines is 1. The summed E-state index contributed by atoms with van der Waals surface area (Å²) >= 11 is 6.20. The predicted octanol–water partition coefficient (Wildman–Crippen LogP) is 5.11. The highest BCUT2D eigenvalue weighted by Gasteiger charge is 2.15. The molecule has 0 aliphatic heterocycles. The van der Waals surface area contributed by atoms with Gasteiger partial charge in [-0.15, -0.1) is 0 Å². The molecular formula is C21H16ClN3O. The minimum absolute atomic E-state index is 0.438. The second-order valence-electron chi connectivity index (χ2n) is 5.88. The van der Waals surface area contributed by atoms with E-state index in [1.165, 1.54) is 6.33 Å². The second-order valence-corrected chi connectivity index (χ2v) is 6.31. The first-order valence-electron chi connectivity index (χ1n) is 8.18. The number of benzene rings is 3. The van der Waals surface area contributed by atoms with Crippen molar-refractivity contribution in [1.82, 2.24) is 9.97 Å². The quantitative estimate of drug-likeness (QED) is 0.548. The Morgan fingerprint density at radius 2 is 1.77 bits per heavy atom. The highest BCUT2D eigenvalue weighted by atomic mass is 35.5. The van der Waals surface area contributed by atoms with Crippen molar-refractivity contribution in [3.8, 4) is 16.9 Å². The van der Waals surface area contributed by atoms with E-state index in [0.29, 0.717) is 17.4 Å². The van der Waals surface area contributed by atoms with Crippen molar-refractivity contribution in [1.29, 1.82) is 0 Å². The van der Waals surface area contributed by atoms with Crippen LogP contribution in [-0.2, 0) is 6.61 Å². The average Bonchev–Trinajstić information content (AvgIpc) is 2.67. The van der Waals surface area contributed by atoms with Gasteiger partial charge in [-0.25, -0.2) is 9.97 Å². The van der Waals surface area contributed by atoms with E-state index in [4.69, 9.17) is 22.1 Å². The maximum absolute atomic E-state index is 6.20. The van der Waals surface area contributed by atoms with Crippen LogP contribution in [0.25, 0.3) is 22.0 Å². The van der Waals surface area contributed by atoms with Gasteiger partial charge in [-0.05, 0) is 35.4 Å². The van der Waals surface area contributed by atoms with Crippen molar-refractivity contribution in [2.24, 2.45) is 0 Å². The lowest BCUT2D eigenvalue weighted by atomic mass is 10.0. The Labute approximate surface area is 156 Å². The molecule has 128 valence electrons. The smallest absolute Gasteiger partial charge is 0.134 e. The first-order chi connectivity index (χ1) is 12.7. The number of nitrogen functional groups attached to an aromatic ring is 1. The Morgan fingerprint density at radius 3 is 2.58 bits per heavy atom. The molecule has 3 aromatic carbocycles. The van der Waals surface area contributed by atoms with Crippen LogP contribution in [0, 0.1) is 0 Å². The lowest BCUT2D eigenvalue weighted by Crippen LogP contribution is -2.00. The molecule has 1 heterocycles. The predicted molar refractivity (Wildman–Crippen MR) is 105 cm³/mol. The molecule has 4 rings (SSSR count). The minimum atomic E-state index is 0.438. The zero-order valence-electron chi connectivity index (χ0n) is 13.9. The summed E-state index contributed by atoms with van der Waals surface area (Å²) in [5.74, 6) is 1.16. The van der Waals surface area contributed by atoms with Gasteiger partial charge in [-0.2, -0.15) is 0 Å². The number of rotatable bonds is 4. The highest BCUT2D eigenvalue weighted by molar-refractivity contribution is 6.31. The Bertz CT molecular complexity index is 1070. The Morgan fingerprint density at radius 1 is 0.923 bits per heavy atom. The normalized spacial score (nSPS) is 10.8. The molecule has 0 amide bonds. The fourth-order valence-corrected chi connectivity index (χ4v) is 3.10. The Balaban J connectivity index is 1.85. The van der Waals surface area contributed by atoms with Gasteiger partial charge in [-0.1, -0.05) is 54.1 Å². The third-order valence-electron chi connectivity index (χ3n) is 4.15. The van der Waals surface area contributed by atoms with Crippen molar-refractivity contribution in [2.75, 3.05) is 5.73 Å². The fourth-order valence-electron chi connectivity index (χ4n) is 2.91. The summed E-state index contributed by atoms with van der Waals surface area (Å²) in [5.41, 5.74) is 9.64. The van der Waals surface area contributed by atoms with Crippen molar-refractivity contribution >= 4 is 28.3 Å². The van der Waals surface area contributed by atoms with E-state index in [9.17, 15) is 0 Å². The van der Waals surface area contributed by atoms with Crippen LogP contribution in [0.3, 0.4) is 0 Å². The maximum atomic E-state index is 6.20. The zero-order valence-corrected chi connectivity index (χ0v) is 14.6. The summed E-state index contributed by atoms with van der Waals surface area (Å²) in [6, 6.07) is 21.4. The summed E-state index contributed by atoms with van der Waals surface area (Å²) < 4.78 is 6.12. The van der Waals surface area contributed by atoms with Crippen molar-refractivity contribution in [2.45, 2.75) is 6.61 Å². The monoisotopic (exact) mass is 361 g/mol. The van der Waals surface area contributed by atoms with Crippen LogP contribution in [0.15, 0.2) is 73.1 Å². The van der Waals surface area contributed by atoms with Crippen molar-refractivity contribution in [3.05, 3.63) is 83.6 Å². The third-order valence-corrected chi connectivity index (χ3v) is 4.38. The molecule has 0 saturated heterocycles. The minimum Gasteiger partial charge on any atom is -0.488 e. The molecule has 0 aliphatic rings. The van der Waals surface area contributed by atoms with E-state index in [1.807, 2.05) is 66.7 Å². The van der Waals surface area contributed by atoms with Crippen LogP contribution in [0.5, 0.6) is 5.75 Å². The van der Waals surface area contributed by atoms with Crippen LogP contribution >= 0.6 is 11.6 Å². The molecular weight excluding hydrogens is 346 g/mol. The van der Waals surface area contributed by atoms with Crippen LogP contribution in [0.1, 0.15) is 5.56 Å². The van der Waals surface area contributed by atoms with Gasteiger partial charge in [0, 0.05) is 10.4 Å². The highest BCUT2D eigenvalue weighted by Crippen LogP contribution is 2.38. The maximum Gasteiger partial charge on any atom is 0.134 e. The summed E-state index contributed by atoms with van der Waals surface area (Å²) in [6.45, 7) is 0.459.